The van der Waals surface area contributed by atoms with Crippen LogP contribution in [0.3, 0.4) is 0 Å². The molecular weight excluding hydrogens is 414 g/mol. The number of aliphatic hydroxyl groups excluding tert-OH is 1. The lowest BCUT2D eigenvalue weighted by Gasteiger charge is -2.10. The normalized spacial score (nSPS) is 10.0. The minimum atomic E-state index is -0.584. The summed E-state index contributed by atoms with van der Waals surface area (Å²) in [6, 6.07) is 8.31. The highest BCUT2D eigenvalue weighted by atomic mass is 35.5. The molecule has 0 saturated carbocycles. The van der Waals surface area contributed by atoms with Crippen LogP contribution in [0.1, 0.15) is 10.4 Å². The summed E-state index contributed by atoms with van der Waals surface area (Å²) in [4.78, 5) is 34.0. The molecule has 1 amide bonds. The molecule has 1 aromatic carbocycles. The van der Waals surface area contributed by atoms with Gasteiger partial charge in [0.25, 0.3) is 17.9 Å². The summed E-state index contributed by atoms with van der Waals surface area (Å²) in [5.41, 5.74) is 0.903. The topological polar surface area (TPSA) is 128 Å². The lowest BCUT2D eigenvalue weighted by molar-refractivity contribution is -0.126. The van der Waals surface area contributed by atoms with Gasteiger partial charge in [-0.05, 0) is 18.2 Å². The number of benzene rings is 1. The molecule has 30 heavy (non-hydrogen) atoms. The van der Waals surface area contributed by atoms with Crippen molar-refractivity contribution in [3.05, 3.63) is 63.7 Å². The number of ether oxygens (including phenoxy) is 1. The largest absolute Gasteiger partial charge is 0.471 e. The molecule has 2 aromatic heterocycles. The van der Waals surface area contributed by atoms with Gasteiger partial charge in [0.1, 0.15) is 11.3 Å². The predicted molar refractivity (Wildman–Crippen MR) is 110 cm³/mol. The first kappa shape index (κ1) is 22.8. The molecule has 0 aliphatic heterocycles. The number of hydrogen-bond donors (Lipinski definition) is 2. The van der Waals surface area contributed by atoms with Crippen LogP contribution >= 0.6 is 11.6 Å². The van der Waals surface area contributed by atoms with Crippen molar-refractivity contribution in [1.82, 2.24) is 24.9 Å². The zero-order chi connectivity index (χ0) is 22.1. The van der Waals surface area contributed by atoms with Crippen molar-refractivity contribution >= 4 is 24.0 Å². The third kappa shape index (κ3) is 5.75. The standard InChI is InChI=1S/C17H16ClN5O3.C2H4O2/c1-22-10-13(9-20-22)23-17(26)14(16(25)19-6-7-24)8-15(21-23)11-2-4-12(18)5-3-11;1-4-2-3/h2-5,8-10,24H,6-7H2,1H3,(H,19,25);2H,1H3. The molecule has 0 atom stereocenters. The van der Waals surface area contributed by atoms with Gasteiger partial charge in [0.2, 0.25) is 0 Å². The molecule has 0 aliphatic carbocycles. The summed E-state index contributed by atoms with van der Waals surface area (Å²) in [6.45, 7) is 0.196. The lowest BCUT2D eigenvalue weighted by Crippen LogP contribution is -2.35. The maximum absolute atomic E-state index is 12.7. The highest BCUT2D eigenvalue weighted by molar-refractivity contribution is 6.30. The molecule has 2 heterocycles. The van der Waals surface area contributed by atoms with Gasteiger partial charge in [-0.15, -0.1) is 0 Å². The number of amides is 1. The Morgan fingerprint density at radius 2 is 2.00 bits per heavy atom. The molecule has 3 rings (SSSR count). The molecule has 158 valence electrons. The molecule has 0 spiro atoms. The molecule has 0 bridgehead atoms. The molecule has 0 fully saturated rings. The van der Waals surface area contributed by atoms with E-state index < -0.39 is 11.5 Å². The first-order valence-corrected chi connectivity index (χ1v) is 9.04. The average molecular weight is 434 g/mol. The van der Waals surface area contributed by atoms with Crippen LogP contribution in [0, 0.1) is 0 Å². The van der Waals surface area contributed by atoms with Crippen molar-refractivity contribution in [2.24, 2.45) is 7.05 Å². The number of halogens is 1. The number of aliphatic hydroxyl groups is 1. The van der Waals surface area contributed by atoms with Crippen LogP contribution < -0.4 is 10.9 Å². The monoisotopic (exact) mass is 433 g/mol. The SMILES string of the molecule is COC=O.Cn1cc(-n2nc(-c3ccc(Cl)cc3)cc(C(=O)NCCO)c2=O)cn1. The Balaban J connectivity index is 0.000000735. The van der Waals surface area contributed by atoms with E-state index in [1.54, 1.807) is 37.5 Å². The van der Waals surface area contributed by atoms with Gasteiger partial charge in [0.05, 0.1) is 31.8 Å². The number of nitrogens with one attached hydrogen (secondary N) is 1. The number of carbonyl (C=O) groups excluding carboxylic acids is 2. The van der Waals surface area contributed by atoms with Gasteiger partial charge < -0.3 is 15.2 Å². The van der Waals surface area contributed by atoms with Crippen molar-refractivity contribution in [3.63, 3.8) is 0 Å². The molecule has 0 saturated heterocycles. The van der Waals surface area contributed by atoms with Crippen molar-refractivity contribution in [3.8, 4) is 16.9 Å². The highest BCUT2D eigenvalue weighted by Gasteiger charge is 2.17. The fourth-order valence-corrected chi connectivity index (χ4v) is 2.50. The van der Waals surface area contributed by atoms with Crippen molar-refractivity contribution in [2.45, 2.75) is 0 Å². The van der Waals surface area contributed by atoms with E-state index in [1.807, 2.05) is 0 Å². The van der Waals surface area contributed by atoms with Crippen LogP contribution in [-0.2, 0) is 16.6 Å². The number of aromatic nitrogens is 4. The average Bonchev–Trinajstić information content (AvgIpc) is 3.19. The zero-order valence-electron chi connectivity index (χ0n) is 16.3. The van der Waals surface area contributed by atoms with Crippen LogP contribution in [0.2, 0.25) is 5.02 Å². The minimum Gasteiger partial charge on any atom is -0.471 e. The maximum atomic E-state index is 12.7. The van der Waals surface area contributed by atoms with E-state index in [1.165, 1.54) is 24.1 Å². The Kier molecular flexibility index (Phi) is 8.27. The van der Waals surface area contributed by atoms with Gasteiger partial charge in [-0.1, -0.05) is 23.7 Å². The second-order valence-corrected chi connectivity index (χ2v) is 6.29. The van der Waals surface area contributed by atoms with Gasteiger partial charge >= 0.3 is 0 Å². The molecule has 10 nitrogen and oxygen atoms in total. The quantitative estimate of drug-likeness (QED) is 0.550. The van der Waals surface area contributed by atoms with Crippen molar-refractivity contribution in [2.75, 3.05) is 20.3 Å². The summed E-state index contributed by atoms with van der Waals surface area (Å²) in [6.07, 6.45) is 3.10. The van der Waals surface area contributed by atoms with E-state index in [9.17, 15) is 9.59 Å². The Hall–Kier alpha value is -3.50. The Labute approximate surface area is 176 Å². The zero-order valence-corrected chi connectivity index (χ0v) is 17.0. The second-order valence-electron chi connectivity index (χ2n) is 5.85. The predicted octanol–water partition coefficient (Wildman–Crippen LogP) is 0.798. The first-order chi connectivity index (χ1) is 14.4. The lowest BCUT2D eigenvalue weighted by atomic mass is 10.1. The number of rotatable bonds is 6. The van der Waals surface area contributed by atoms with Crippen LogP contribution in [0.15, 0.2) is 47.5 Å². The fourth-order valence-electron chi connectivity index (χ4n) is 2.38. The number of hydrogen-bond acceptors (Lipinski definition) is 7. The van der Waals surface area contributed by atoms with Gasteiger partial charge in [0, 0.05) is 24.2 Å². The van der Waals surface area contributed by atoms with E-state index in [2.05, 4.69) is 20.3 Å². The minimum absolute atomic E-state index is 0.0454. The number of carbonyl (C=O) groups is 2. The third-order valence-corrected chi connectivity index (χ3v) is 3.98. The third-order valence-electron chi connectivity index (χ3n) is 3.73. The van der Waals surface area contributed by atoms with E-state index in [0.29, 0.717) is 28.4 Å². The summed E-state index contributed by atoms with van der Waals surface area (Å²) in [5.74, 6) is -0.584. The van der Waals surface area contributed by atoms with Crippen LogP contribution in [0.4, 0.5) is 0 Å². The summed E-state index contributed by atoms with van der Waals surface area (Å²) in [7, 11) is 3.03. The summed E-state index contributed by atoms with van der Waals surface area (Å²) >= 11 is 5.92. The van der Waals surface area contributed by atoms with Gasteiger partial charge in [-0.3, -0.25) is 19.1 Å². The van der Waals surface area contributed by atoms with Gasteiger partial charge in [-0.2, -0.15) is 14.9 Å². The number of nitrogens with zero attached hydrogens (tertiary/aromatic N) is 4. The Morgan fingerprint density at radius 3 is 2.53 bits per heavy atom. The molecule has 0 unspecified atom stereocenters. The van der Waals surface area contributed by atoms with Crippen LogP contribution in [0.25, 0.3) is 16.9 Å². The molecular formula is C19H20ClN5O5. The molecule has 11 heteroatoms. The van der Waals surface area contributed by atoms with Crippen LogP contribution in [0.5, 0.6) is 0 Å². The smallest absolute Gasteiger partial charge is 0.292 e. The molecule has 3 aromatic rings. The first-order valence-electron chi connectivity index (χ1n) is 8.66. The molecule has 0 radical (unpaired) electrons. The van der Waals surface area contributed by atoms with E-state index >= 15 is 0 Å². The second kappa shape index (κ2) is 10.9. The van der Waals surface area contributed by atoms with Crippen molar-refractivity contribution < 1.29 is 19.4 Å². The van der Waals surface area contributed by atoms with E-state index in [0.717, 1.165) is 4.68 Å². The van der Waals surface area contributed by atoms with E-state index in [4.69, 9.17) is 21.5 Å². The van der Waals surface area contributed by atoms with Gasteiger partial charge in [-0.25, -0.2) is 0 Å². The molecule has 0 aliphatic rings. The Bertz CT molecular complexity index is 1060. The summed E-state index contributed by atoms with van der Waals surface area (Å²) < 4.78 is 6.52. The molecule has 2 N–H and O–H groups in total. The summed E-state index contributed by atoms with van der Waals surface area (Å²) in [5, 5.41) is 20.3. The number of aryl methyl sites for hydroxylation is 1. The highest BCUT2D eigenvalue weighted by Crippen LogP contribution is 2.20. The van der Waals surface area contributed by atoms with Gasteiger partial charge in [0.15, 0.2) is 0 Å². The Morgan fingerprint density at radius 1 is 1.33 bits per heavy atom. The number of methoxy groups -OCH3 is 1. The van der Waals surface area contributed by atoms with Crippen LogP contribution in [-0.4, -0.2) is 57.3 Å². The van der Waals surface area contributed by atoms with Crippen molar-refractivity contribution in [1.29, 1.82) is 0 Å². The maximum Gasteiger partial charge on any atom is 0.292 e. The fraction of sp³-hybridized carbons (Fsp3) is 0.211. The van der Waals surface area contributed by atoms with E-state index in [-0.39, 0.29) is 18.7 Å².